The molecule has 1 unspecified atom stereocenters. The van der Waals surface area contributed by atoms with E-state index >= 15 is 0 Å². The molecule has 0 aliphatic heterocycles. The van der Waals surface area contributed by atoms with Gasteiger partial charge in [0.25, 0.3) is 0 Å². The molecule has 2 rings (SSSR count). The Morgan fingerprint density at radius 3 is 2.68 bits per heavy atom. The van der Waals surface area contributed by atoms with Gasteiger partial charge in [-0.1, -0.05) is 17.7 Å². The Hall–Kier alpha value is -1.17. The van der Waals surface area contributed by atoms with Crippen molar-refractivity contribution < 1.29 is 13.9 Å². The molecule has 2 aromatic rings. The van der Waals surface area contributed by atoms with Gasteiger partial charge in [0.1, 0.15) is 11.6 Å². The van der Waals surface area contributed by atoms with E-state index in [1.165, 1.54) is 24.0 Å². The fraction of sp³-hybridized carbons (Fsp3) is 0.154. The zero-order chi connectivity index (χ0) is 13.8. The van der Waals surface area contributed by atoms with E-state index in [0.717, 1.165) is 12.1 Å². The van der Waals surface area contributed by atoms with E-state index in [4.69, 9.17) is 11.6 Å². The molecule has 0 radical (unpaired) electrons. The second-order valence-corrected chi connectivity index (χ2v) is 5.28. The number of pyridine rings is 1. The zero-order valence-electron chi connectivity index (χ0n) is 9.69. The molecule has 0 saturated carbocycles. The molecule has 100 valence electrons. The van der Waals surface area contributed by atoms with Gasteiger partial charge < -0.3 is 5.11 Å². The van der Waals surface area contributed by atoms with E-state index in [-0.39, 0.29) is 11.3 Å². The zero-order valence-corrected chi connectivity index (χ0v) is 11.3. The van der Waals surface area contributed by atoms with Crippen LogP contribution in [0.5, 0.6) is 0 Å². The smallest absolute Gasteiger partial charge is 0.131 e. The second kappa shape index (κ2) is 6.32. The highest BCUT2D eigenvalue weighted by molar-refractivity contribution is 7.99. The second-order valence-electron chi connectivity index (χ2n) is 3.81. The van der Waals surface area contributed by atoms with Gasteiger partial charge in [-0.2, -0.15) is 0 Å². The third-order valence-electron chi connectivity index (χ3n) is 2.41. The van der Waals surface area contributed by atoms with Crippen LogP contribution in [0.4, 0.5) is 8.78 Å². The summed E-state index contributed by atoms with van der Waals surface area (Å²) in [7, 11) is 0. The number of halogens is 3. The Balaban J connectivity index is 2.01. The number of rotatable bonds is 4. The quantitative estimate of drug-likeness (QED) is 0.871. The van der Waals surface area contributed by atoms with Crippen molar-refractivity contribution in [3.05, 3.63) is 58.7 Å². The third-order valence-corrected chi connectivity index (χ3v) is 3.65. The normalized spacial score (nSPS) is 12.4. The van der Waals surface area contributed by atoms with Crippen molar-refractivity contribution in [1.82, 2.24) is 4.98 Å². The highest BCUT2D eigenvalue weighted by Crippen LogP contribution is 2.25. The van der Waals surface area contributed by atoms with Crippen LogP contribution >= 0.6 is 23.4 Å². The summed E-state index contributed by atoms with van der Waals surface area (Å²) < 4.78 is 26.2. The van der Waals surface area contributed by atoms with Crippen molar-refractivity contribution in [2.45, 2.75) is 11.1 Å². The summed E-state index contributed by atoms with van der Waals surface area (Å²) in [5, 5.41) is 11.1. The highest BCUT2D eigenvalue weighted by Gasteiger charge is 2.14. The molecule has 6 heteroatoms. The molecule has 0 aliphatic rings. The summed E-state index contributed by atoms with van der Waals surface area (Å²) in [6.45, 7) is 0. The molecular formula is C13H10ClF2NOS. The maximum Gasteiger partial charge on any atom is 0.131 e. The Kier molecular flexibility index (Phi) is 4.74. The Morgan fingerprint density at radius 2 is 2.05 bits per heavy atom. The van der Waals surface area contributed by atoms with Gasteiger partial charge in [-0.15, -0.1) is 11.8 Å². The minimum atomic E-state index is -1.02. The predicted molar refractivity (Wildman–Crippen MR) is 71.3 cm³/mol. The van der Waals surface area contributed by atoms with Crippen LogP contribution < -0.4 is 0 Å². The van der Waals surface area contributed by atoms with Crippen LogP contribution in [0, 0.1) is 11.6 Å². The molecule has 1 aromatic heterocycles. The Labute approximate surface area is 118 Å². The van der Waals surface area contributed by atoms with Crippen LogP contribution in [-0.2, 0) is 0 Å². The van der Waals surface area contributed by atoms with Crippen molar-refractivity contribution in [3.8, 4) is 0 Å². The number of nitrogens with zero attached hydrogens (tertiary/aromatic N) is 1. The maximum atomic E-state index is 13.4. The molecule has 0 saturated heterocycles. The third kappa shape index (κ3) is 3.89. The lowest BCUT2D eigenvalue weighted by molar-refractivity contribution is 0.198. The molecule has 19 heavy (non-hydrogen) atoms. The summed E-state index contributed by atoms with van der Waals surface area (Å²) in [5.41, 5.74) is 0.0721. The van der Waals surface area contributed by atoms with Crippen molar-refractivity contribution in [3.63, 3.8) is 0 Å². The fourth-order valence-electron chi connectivity index (χ4n) is 1.47. The van der Waals surface area contributed by atoms with Gasteiger partial charge >= 0.3 is 0 Å². The Bertz CT molecular complexity index is 565. The lowest BCUT2D eigenvalue weighted by atomic mass is 10.1. The SMILES string of the molecule is OC(CSc1ccc(Cl)cn1)c1ccc(F)cc1F. The van der Waals surface area contributed by atoms with Gasteiger partial charge in [0.05, 0.1) is 16.2 Å². The summed E-state index contributed by atoms with van der Waals surface area (Å²) in [4.78, 5) is 4.05. The fourth-order valence-corrected chi connectivity index (χ4v) is 2.38. The minimum absolute atomic E-state index is 0.0721. The average Bonchev–Trinajstić information content (AvgIpc) is 2.37. The van der Waals surface area contributed by atoms with E-state index in [9.17, 15) is 13.9 Å². The monoisotopic (exact) mass is 301 g/mol. The van der Waals surface area contributed by atoms with E-state index in [1.54, 1.807) is 12.1 Å². The van der Waals surface area contributed by atoms with Crippen molar-refractivity contribution in [1.29, 1.82) is 0 Å². The van der Waals surface area contributed by atoms with Gasteiger partial charge in [0.2, 0.25) is 0 Å². The van der Waals surface area contributed by atoms with Gasteiger partial charge in [-0.05, 0) is 18.2 Å². The van der Waals surface area contributed by atoms with Crippen LogP contribution in [-0.4, -0.2) is 15.8 Å². The first-order chi connectivity index (χ1) is 9.06. The molecule has 1 atom stereocenters. The lowest BCUT2D eigenvalue weighted by Gasteiger charge is -2.11. The predicted octanol–water partition coefficient (Wildman–Crippen LogP) is 3.84. The van der Waals surface area contributed by atoms with E-state index in [0.29, 0.717) is 10.0 Å². The molecule has 0 amide bonds. The minimum Gasteiger partial charge on any atom is -0.387 e. The molecule has 1 aromatic carbocycles. The standard InChI is InChI=1S/C13H10ClF2NOS/c14-8-1-4-13(17-6-8)19-7-12(18)10-3-2-9(15)5-11(10)16/h1-6,12,18H,7H2. The van der Waals surface area contributed by atoms with Crippen molar-refractivity contribution in [2.75, 3.05) is 5.75 Å². The van der Waals surface area contributed by atoms with Gasteiger partial charge in [-0.3, -0.25) is 0 Å². The summed E-state index contributed by atoms with van der Waals surface area (Å²) >= 11 is 6.96. The topological polar surface area (TPSA) is 33.1 Å². The number of thioether (sulfide) groups is 1. The van der Waals surface area contributed by atoms with Crippen LogP contribution in [0.1, 0.15) is 11.7 Å². The molecule has 1 heterocycles. The lowest BCUT2D eigenvalue weighted by Crippen LogP contribution is -2.04. The summed E-state index contributed by atoms with van der Waals surface area (Å²) in [6, 6.07) is 6.50. The molecular weight excluding hydrogens is 292 g/mol. The largest absolute Gasteiger partial charge is 0.387 e. The van der Waals surface area contributed by atoms with Crippen molar-refractivity contribution in [2.24, 2.45) is 0 Å². The molecule has 2 nitrogen and oxygen atoms in total. The number of hydrogen-bond acceptors (Lipinski definition) is 3. The van der Waals surface area contributed by atoms with E-state index in [2.05, 4.69) is 4.98 Å². The summed E-state index contributed by atoms with van der Waals surface area (Å²) in [5.74, 6) is -1.20. The Morgan fingerprint density at radius 1 is 1.26 bits per heavy atom. The molecule has 0 spiro atoms. The first kappa shape index (κ1) is 14.2. The van der Waals surface area contributed by atoms with E-state index < -0.39 is 17.7 Å². The first-order valence-corrected chi connectivity index (χ1v) is 6.80. The molecule has 0 aliphatic carbocycles. The van der Waals surface area contributed by atoms with Crippen molar-refractivity contribution >= 4 is 23.4 Å². The molecule has 1 N–H and O–H groups in total. The summed E-state index contributed by atoms with van der Waals surface area (Å²) in [6.07, 6.45) is 0.470. The first-order valence-electron chi connectivity index (χ1n) is 5.43. The number of aromatic nitrogens is 1. The van der Waals surface area contributed by atoms with Crippen LogP contribution in [0.2, 0.25) is 5.02 Å². The van der Waals surface area contributed by atoms with E-state index in [1.807, 2.05) is 0 Å². The van der Waals surface area contributed by atoms with Crippen LogP contribution in [0.25, 0.3) is 0 Å². The highest BCUT2D eigenvalue weighted by atomic mass is 35.5. The van der Waals surface area contributed by atoms with Crippen LogP contribution in [0.3, 0.4) is 0 Å². The number of hydrogen-bond donors (Lipinski definition) is 1. The maximum absolute atomic E-state index is 13.4. The van der Waals surface area contributed by atoms with Gasteiger partial charge in [-0.25, -0.2) is 13.8 Å². The average molecular weight is 302 g/mol. The van der Waals surface area contributed by atoms with Gasteiger partial charge in [0.15, 0.2) is 0 Å². The van der Waals surface area contributed by atoms with Crippen LogP contribution in [0.15, 0.2) is 41.6 Å². The van der Waals surface area contributed by atoms with Gasteiger partial charge in [0, 0.05) is 23.6 Å². The number of benzene rings is 1. The number of aliphatic hydroxyl groups excluding tert-OH is 1. The molecule has 0 bridgehead atoms. The number of aliphatic hydroxyl groups is 1. The molecule has 0 fully saturated rings.